The van der Waals surface area contributed by atoms with Gasteiger partial charge >= 0.3 is 0 Å². The molecule has 0 bridgehead atoms. The summed E-state index contributed by atoms with van der Waals surface area (Å²) in [5, 5.41) is 32.2. The van der Waals surface area contributed by atoms with Crippen LogP contribution in [-0.4, -0.2) is 46.6 Å². The Labute approximate surface area is 173 Å². The highest BCUT2D eigenvalue weighted by Gasteiger charge is 2.09. The van der Waals surface area contributed by atoms with Gasteiger partial charge in [0.25, 0.3) is 0 Å². The van der Waals surface area contributed by atoms with Crippen LogP contribution in [0, 0.1) is 0 Å². The second-order valence-electron chi connectivity index (χ2n) is 7.22. The van der Waals surface area contributed by atoms with Crippen molar-refractivity contribution in [2.75, 3.05) is 26.3 Å². The van der Waals surface area contributed by atoms with E-state index in [1.807, 2.05) is 24.4 Å². The first-order valence-corrected chi connectivity index (χ1v) is 10.5. The molecular formula is C23H34N2O4. The highest BCUT2D eigenvalue weighted by Crippen LogP contribution is 2.22. The van der Waals surface area contributed by atoms with Gasteiger partial charge in [-0.05, 0) is 62.1 Å². The van der Waals surface area contributed by atoms with Crippen LogP contribution in [0.15, 0.2) is 42.6 Å². The number of nitrogens with zero attached hydrogens (tertiary/aromatic N) is 1. The standard InChI is InChI=1S/C23H34N2O4/c26-18-20-16-19(10-11-22(20)27)23(28)17-24-12-4-1-2-6-14-29-15-7-9-21-8-3-5-13-25-21/h3,5,8,10-11,13,16,23-24,26-28H,1-2,4,6-7,9,12,14-15,17-18H2. The minimum atomic E-state index is -0.652. The van der Waals surface area contributed by atoms with Crippen LogP contribution in [0.25, 0.3) is 0 Å². The zero-order chi connectivity index (χ0) is 20.7. The van der Waals surface area contributed by atoms with E-state index in [4.69, 9.17) is 4.74 Å². The molecule has 0 amide bonds. The summed E-state index contributed by atoms with van der Waals surface area (Å²) in [7, 11) is 0. The number of phenols is 1. The highest BCUT2D eigenvalue weighted by molar-refractivity contribution is 5.36. The third-order valence-corrected chi connectivity index (χ3v) is 4.84. The monoisotopic (exact) mass is 402 g/mol. The van der Waals surface area contributed by atoms with Gasteiger partial charge in [-0.25, -0.2) is 0 Å². The van der Waals surface area contributed by atoms with E-state index in [0.717, 1.165) is 64.0 Å². The molecular weight excluding hydrogens is 368 g/mol. The molecule has 0 saturated heterocycles. The molecule has 2 rings (SSSR count). The van der Waals surface area contributed by atoms with Crippen molar-refractivity contribution >= 4 is 0 Å². The molecule has 0 spiro atoms. The third kappa shape index (κ3) is 9.37. The summed E-state index contributed by atoms with van der Waals surface area (Å²) in [6.07, 6.45) is 7.55. The number of aromatic hydroxyl groups is 1. The van der Waals surface area contributed by atoms with Crippen LogP contribution in [-0.2, 0) is 17.8 Å². The van der Waals surface area contributed by atoms with Crippen molar-refractivity contribution in [3.8, 4) is 5.75 Å². The zero-order valence-electron chi connectivity index (χ0n) is 17.1. The zero-order valence-corrected chi connectivity index (χ0v) is 17.1. The molecule has 160 valence electrons. The predicted octanol–water partition coefficient (Wildman–Crippen LogP) is 3.11. The second-order valence-corrected chi connectivity index (χ2v) is 7.22. The summed E-state index contributed by atoms with van der Waals surface area (Å²) in [5.41, 5.74) is 2.24. The van der Waals surface area contributed by atoms with Crippen molar-refractivity contribution in [1.29, 1.82) is 0 Å². The summed E-state index contributed by atoms with van der Waals surface area (Å²) >= 11 is 0. The number of hydrogen-bond acceptors (Lipinski definition) is 6. The summed E-state index contributed by atoms with van der Waals surface area (Å²) < 4.78 is 5.68. The molecule has 1 atom stereocenters. The summed E-state index contributed by atoms with van der Waals surface area (Å²) in [6.45, 7) is 2.66. The lowest BCUT2D eigenvalue weighted by molar-refractivity contribution is 0.127. The van der Waals surface area contributed by atoms with Gasteiger partial charge in [-0.1, -0.05) is 25.0 Å². The first kappa shape index (κ1) is 23.3. The number of aliphatic hydroxyl groups excluding tert-OH is 2. The lowest BCUT2D eigenvalue weighted by Gasteiger charge is -2.14. The van der Waals surface area contributed by atoms with Crippen LogP contribution in [0.4, 0.5) is 0 Å². The average molecular weight is 403 g/mol. The Kier molecular flexibility index (Phi) is 11.3. The molecule has 6 heteroatoms. The van der Waals surface area contributed by atoms with E-state index in [0.29, 0.717) is 17.7 Å². The van der Waals surface area contributed by atoms with E-state index >= 15 is 0 Å². The summed E-state index contributed by atoms with van der Waals surface area (Å²) in [5.74, 6) is 0.0496. The predicted molar refractivity (Wildman–Crippen MR) is 114 cm³/mol. The number of nitrogens with one attached hydrogen (secondary N) is 1. The van der Waals surface area contributed by atoms with Crippen molar-refractivity contribution < 1.29 is 20.1 Å². The van der Waals surface area contributed by atoms with Gasteiger partial charge in [-0.3, -0.25) is 4.98 Å². The number of pyridine rings is 1. The molecule has 1 aromatic heterocycles. The van der Waals surface area contributed by atoms with Crippen molar-refractivity contribution in [3.05, 3.63) is 59.4 Å². The van der Waals surface area contributed by atoms with Crippen LogP contribution in [0.2, 0.25) is 0 Å². The van der Waals surface area contributed by atoms with E-state index < -0.39 is 6.10 Å². The van der Waals surface area contributed by atoms with Gasteiger partial charge in [0.1, 0.15) is 5.75 Å². The van der Waals surface area contributed by atoms with E-state index in [1.54, 1.807) is 12.1 Å². The van der Waals surface area contributed by atoms with Gasteiger partial charge in [-0.15, -0.1) is 0 Å². The molecule has 0 aliphatic rings. The molecule has 1 aromatic carbocycles. The number of benzene rings is 1. The number of ether oxygens (including phenoxy) is 1. The lowest BCUT2D eigenvalue weighted by Crippen LogP contribution is -2.22. The fourth-order valence-corrected chi connectivity index (χ4v) is 3.11. The fourth-order valence-electron chi connectivity index (χ4n) is 3.11. The smallest absolute Gasteiger partial charge is 0.121 e. The van der Waals surface area contributed by atoms with E-state index in [-0.39, 0.29) is 12.4 Å². The van der Waals surface area contributed by atoms with Gasteiger partial charge in [0.2, 0.25) is 0 Å². The average Bonchev–Trinajstić information content (AvgIpc) is 2.75. The second kappa shape index (κ2) is 14.1. The number of aliphatic hydroxyl groups is 2. The maximum Gasteiger partial charge on any atom is 0.121 e. The molecule has 29 heavy (non-hydrogen) atoms. The highest BCUT2D eigenvalue weighted by atomic mass is 16.5. The minimum absolute atomic E-state index is 0.0496. The van der Waals surface area contributed by atoms with Gasteiger partial charge in [-0.2, -0.15) is 0 Å². The van der Waals surface area contributed by atoms with Crippen LogP contribution < -0.4 is 5.32 Å². The molecule has 1 heterocycles. The van der Waals surface area contributed by atoms with Gasteiger partial charge in [0.05, 0.1) is 12.7 Å². The Bertz CT molecular complexity index is 682. The SMILES string of the molecule is OCc1cc(C(O)CNCCCCCCOCCCc2ccccn2)ccc1O. The van der Waals surface area contributed by atoms with Crippen molar-refractivity contribution in [3.63, 3.8) is 0 Å². The lowest BCUT2D eigenvalue weighted by atomic mass is 10.1. The largest absolute Gasteiger partial charge is 0.508 e. The van der Waals surface area contributed by atoms with E-state index in [1.165, 1.54) is 6.07 Å². The normalized spacial score (nSPS) is 12.2. The molecule has 0 aliphatic carbocycles. The Hall–Kier alpha value is -1.99. The molecule has 0 radical (unpaired) electrons. The first-order valence-electron chi connectivity index (χ1n) is 10.5. The van der Waals surface area contributed by atoms with Crippen molar-refractivity contribution in [1.82, 2.24) is 10.3 Å². The Morgan fingerprint density at radius 2 is 1.83 bits per heavy atom. The Morgan fingerprint density at radius 3 is 2.62 bits per heavy atom. The third-order valence-electron chi connectivity index (χ3n) is 4.84. The number of rotatable bonds is 15. The Morgan fingerprint density at radius 1 is 1.00 bits per heavy atom. The Balaban J connectivity index is 1.41. The summed E-state index contributed by atoms with van der Waals surface area (Å²) in [4.78, 5) is 4.30. The number of hydrogen-bond donors (Lipinski definition) is 4. The minimum Gasteiger partial charge on any atom is -0.508 e. The van der Waals surface area contributed by atoms with E-state index in [9.17, 15) is 15.3 Å². The summed E-state index contributed by atoms with van der Waals surface area (Å²) in [6, 6.07) is 10.8. The maximum absolute atomic E-state index is 10.2. The number of aromatic nitrogens is 1. The van der Waals surface area contributed by atoms with Crippen molar-refractivity contribution in [2.24, 2.45) is 0 Å². The van der Waals surface area contributed by atoms with Crippen LogP contribution >= 0.6 is 0 Å². The van der Waals surface area contributed by atoms with Gasteiger partial charge < -0.3 is 25.4 Å². The topological polar surface area (TPSA) is 94.8 Å². The molecule has 0 saturated carbocycles. The van der Waals surface area contributed by atoms with Gasteiger partial charge in [0.15, 0.2) is 0 Å². The fraction of sp³-hybridized carbons (Fsp3) is 0.522. The maximum atomic E-state index is 10.2. The number of unbranched alkanes of at least 4 members (excludes halogenated alkanes) is 3. The van der Waals surface area contributed by atoms with Crippen molar-refractivity contribution in [2.45, 2.75) is 51.2 Å². The first-order chi connectivity index (χ1) is 14.2. The van der Waals surface area contributed by atoms with E-state index in [2.05, 4.69) is 10.3 Å². The molecule has 0 fully saturated rings. The van der Waals surface area contributed by atoms with Crippen LogP contribution in [0.3, 0.4) is 0 Å². The quantitative estimate of drug-likeness (QED) is 0.342. The van der Waals surface area contributed by atoms with Gasteiger partial charge in [0, 0.05) is 37.2 Å². The molecule has 4 N–H and O–H groups in total. The molecule has 1 unspecified atom stereocenters. The molecule has 6 nitrogen and oxygen atoms in total. The van der Waals surface area contributed by atoms with Crippen LogP contribution in [0.1, 0.15) is 55.0 Å². The molecule has 2 aromatic rings. The van der Waals surface area contributed by atoms with Crippen LogP contribution in [0.5, 0.6) is 5.75 Å². The number of aryl methyl sites for hydroxylation is 1. The molecule has 0 aliphatic heterocycles.